The number of thiocarbonyl (C=S) groups is 1. The van der Waals surface area contributed by atoms with E-state index in [9.17, 15) is 9.59 Å². The molecule has 6 nitrogen and oxygen atoms in total. The van der Waals surface area contributed by atoms with E-state index >= 15 is 0 Å². The molecule has 2 rings (SSSR count). The second-order valence-corrected chi connectivity index (χ2v) is 7.53. The van der Waals surface area contributed by atoms with Crippen LogP contribution in [0.4, 0.5) is 5.69 Å². The molecule has 0 aromatic heterocycles. The Morgan fingerprint density at radius 1 is 1.04 bits per heavy atom. The maximum atomic E-state index is 12.3. The summed E-state index contributed by atoms with van der Waals surface area (Å²) in [4.78, 5) is 24.2. The Morgan fingerprint density at radius 3 is 2.22 bits per heavy atom. The summed E-state index contributed by atoms with van der Waals surface area (Å²) in [5.74, 6) is 0.247. The summed E-state index contributed by atoms with van der Waals surface area (Å²) < 4.78 is 6.01. The van der Waals surface area contributed by atoms with E-state index in [0.717, 1.165) is 3.57 Å². The molecule has 2 aromatic carbocycles. The van der Waals surface area contributed by atoms with E-state index in [1.54, 1.807) is 49.6 Å². The number of benzene rings is 2. The van der Waals surface area contributed by atoms with Gasteiger partial charge >= 0.3 is 0 Å². The Hall–Kier alpha value is -2.20. The van der Waals surface area contributed by atoms with Crippen molar-refractivity contribution < 1.29 is 14.3 Å². The predicted molar refractivity (Wildman–Crippen MR) is 118 cm³/mol. The van der Waals surface area contributed by atoms with Gasteiger partial charge in [-0.25, -0.2) is 0 Å². The van der Waals surface area contributed by atoms with Crippen LogP contribution in [-0.4, -0.2) is 30.1 Å². The van der Waals surface area contributed by atoms with Crippen LogP contribution in [0.5, 0.6) is 5.75 Å². The van der Waals surface area contributed by atoms with Gasteiger partial charge in [-0.05, 0) is 91.1 Å². The third-order valence-corrected chi connectivity index (χ3v) is 4.51. The topological polar surface area (TPSA) is 79.5 Å². The van der Waals surface area contributed by atoms with Crippen molar-refractivity contribution in [2.24, 2.45) is 0 Å². The largest absolute Gasteiger partial charge is 0.496 e. The molecule has 0 aliphatic carbocycles. The first kappa shape index (κ1) is 21.1. The van der Waals surface area contributed by atoms with Gasteiger partial charge in [0.15, 0.2) is 5.11 Å². The summed E-state index contributed by atoms with van der Waals surface area (Å²) in [5.41, 5.74) is 1.70. The molecule has 0 atom stereocenters. The van der Waals surface area contributed by atoms with Crippen molar-refractivity contribution in [1.29, 1.82) is 0 Å². The van der Waals surface area contributed by atoms with Crippen LogP contribution < -0.4 is 20.7 Å². The van der Waals surface area contributed by atoms with Gasteiger partial charge in [-0.3, -0.25) is 14.9 Å². The Labute approximate surface area is 177 Å². The molecule has 8 heteroatoms. The number of ether oxygens (including phenoxy) is 1. The summed E-state index contributed by atoms with van der Waals surface area (Å²) in [6.45, 7) is 3.80. The fourth-order valence-corrected chi connectivity index (χ4v) is 3.14. The van der Waals surface area contributed by atoms with Gasteiger partial charge in [-0.2, -0.15) is 0 Å². The number of halogens is 1. The highest BCUT2D eigenvalue weighted by Crippen LogP contribution is 2.21. The van der Waals surface area contributed by atoms with Crippen LogP contribution in [0.2, 0.25) is 0 Å². The number of nitrogens with one attached hydrogen (secondary N) is 3. The van der Waals surface area contributed by atoms with Gasteiger partial charge in [0.2, 0.25) is 0 Å². The van der Waals surface area contributed by atoms with Crippen molar-refractivity contribution in [2.75, 3.05) is 12.4 Å². The number of hydrogen-bond acceptors (Lipinski definition) is 4. The van der Waals surface area contributed by atoms with E-state index in [-0.39, 0.29) is 23.0 Å². The average molecular weight is 497 g/mol. The average Bonchev–Trinajstić information content (AvgIpc) is 2.61. The Bertz CT molecular complexity index is 854. The standard InChI is InChI=1S/C19H20IN3O3S/c1-11(2)21-17(24)12-4-7-14(8-5-12)22-19(27)23-18(25)13-6-9-16(26-3)15(20)10-13/h4-11H,1-3H3,(H,21,24)(H2,22,23,25,27). The fourth-order valence-electron chi connectivity index (χ4n) is 2.20. The van der Waals surface area contributed by atoms with E-state index in [1.165, 1.54) is 0 Å². The Morgan fingerprint density at radius 2 is 1.67 bits per heavy atom. The first-order valence-corrected chi connectivity index (χ1v) is 9.65. The number of carbonyl (C=O) groups is 2. The number of amides is 2. The molecule has 0 bridgehead atoms. The maximum Gasteiger partial charge on any atom is 0.257 e. The monoisotopic (exact) mass is 497 g/mol. The molecule has 0 fully saturated rings. The minimum absolute atomic E-state index is 0.0686. The normalized spacial score (nSPS) is 10.3. The lowest BCUT2D eigenvalue weighted by Gasteiger charge is -2.12. The van der Waals surface area contributed by atoms with Crippen LogP contribution in [0.25, 0.3) is 0 Å². The zero-order valence-corrected chi connectivity index (χ0v) is 18.1. The first-order valence-electron chi connectivity index (χ1n) is 8.17. The van der Waals surface area contributed by atoms with Gasteiger partial charge in [-0.15, -0.1) is 0 Å². The molecule has 0 saturated carbocycles. The molecule has 0 spiro atoms. The zero-order chi connectivity index (χ0) is 20.0. The van der Waals surface area contributed by atoms with Crippen LogP contribution in [0.1, 0.15) is 34.6 Å². The van der Waals surface area contributed by atoms with Crippen LogP contribution in [0.3, 0.4) is 0 Å². The van der Waals surface area contributed by atoms with E-state index in [4.69, 9.17) is 17.0 Å². The third-order valence-electron chi connectivity index (χ3n) is 3.47. The summed E-state index contributed by atoms with van der Waals surface area (Å²) >= 11 is 7.29. The summed E-state index contributed by atoms with van der Waals surface area (Å²) in [7, 11) is 1.58. The molecule has 0 aliphatic heterocycles. The molecular weight excluding hydrogens is 477 g/mol. The van der Waals surface area contributed by atoms with Gasteiger partial charge in [0.1, 0.15) is 5.75 Å². The highest BCUT2D eigenvalue weighted by Gasteiger charge is 2.11. The quantitative estimate of drug-likeness (QED) is 0.435. The van der Waals surface area contributed by atoms with Crippen LogP contribution in [-0.2, 0) is 0 Å². The van der Waals surface area contributed by atoms with E-state index < -0.39 is 0 Å². The Kier molecular flexibility index (Phi) is 7.55. The SMILES string of the molecule is COc1ccc(C(=O)NC(=S)Nc2ccc(C(=O)NC(C)C)cc2)cc1I. The zero-order valence-electron chi connectivity index (χ0n) is 15.1. The minimum Gasteiger partial charge on any atom is -0.496 e. The van der Waals surface area contributed by atoms with Crippen LogP contribution in [0, 0.1) is 3.57 Å². The highest BCUT2D eigenvalue weighted by atomic mass is 127. The minimum atomic E-state index is -0.319. The van der Waals surface area contributed by atoms with E-state index in [2.05, 4.69) is 38.5 Å². The summed E-state index contributed by atoms with van der Waals surface area (Å²) in [5, 5.41) is 8.55. The molecule has 0 saturated heterocycles. The molecule has 0 radical (unpaired) electrons. The molecular formula is C19H20IN3O3S. The summed E-state index contributed by atoms with van der Waals surface area (Å²) in [6.07, 6.45) is 0. The highest BCUT2D eigenvalue weighted by molar-refractivity contribution is 14.1. The van der Waals surface area contributed by atoms with Crippen molar-refractivity contribution >= 4 is 57.4 Å². The molecule has 2 aromatic rings. The van der Waals surface area contributed by atoms with E-state index in [1.807, 2.05) is 13.8 Å². The lowest BCUT2D eigenvalue weighted by Crippen LogP contribution is -2.34. The number of hydrogen-bond donors (Lipinski definition) is 3. The van der Waals surface area contributed by atoms with Crippen molar-refractivity contribution in [3.63, 3.8) is 0 Å². The van der Waals surface area contributed by atoms with Gasteiger partial charge in [-0.1, -0.05) is 0 Å². The molecule has 27 heavy (non-hydrogen) atoms. The number of anilines is 1. The number of methoxy groups -OCH3 is 1. The molecule has 3 N–H and O–H groups in total. The lowest BCUT2D eigenvalue weighted by atomic mass is 10.2. The molecule has 0 aliphatic rings. The summed E-state index contributed by atoms with van der Waals surface area (Å²) in [6, 6.07) is 12.0. The molecule has 0 heterocycles. The van der Waals surface area contributed by atoms with Crippen molar-refractivity contribution in [1.82, 2.24) is 10.6 Å². The second-order valence-electron chi connectivity index (χ2n) is 5.96. The predicted octanol–water partition coefficient (Wildman–Crippen LogP) is 3.56. The van der Waals surface area contributed by atoms with Gasteiger partial charge in [0.05, 0.1) is 10.7 Å². The van der Waals surface area contributed by atoms with Crippen molar-refractivity contribution in [3.05, 3.63) is 57.2 Å². The van der Waals surface area contributed by atoms with Gasteiger partial charge < -0.3 is 15.4 Å². The Balaban J connectivity index is 1.96. The lowest BCUT2D eigenvalue weighted by molar-refractivity contribution is 0.0941. The van der Waals surface area contributed by atoms with E-state index in [0.29, 0.717) is 22.6 Å². The van der Waals surface area contributed by atoms with Crippen LogP contribution >= 0.6 is 34.8 Å². The smallest absolute Gasteiger partial charge is 0.257 e. The number of rotatable bonds is 5. The fraction of sp³-hybridized carbons (Fsp3) is 0.211. The third kappa shape index (κ3) is 6.17. The maximum absolute atomic E-state index is 12.3. The van der Waals surface area contributed by atoms with Crippen LogP contribution in [0.15, 0.2) is 42.5 Å². The van der Waals surface area contributed by atoms with Crippen molar-refractivity contribution in [3.8, 4) is 5.75 Å². The molecule has 142 valence electrons. The first-order chi connectivity index (χ1) is 12.8. The second kappa shape index (κ2) is 9.65. The number of carbonyl (C=O) groups excluding carboxylic acids is 2. The molecule has 2 amide bonds. The van der Waals surface area contributed by atoms with Gasteiger partial charge in [0, 0.05) is 22.9 Å². The molecule has 0 unspecified atom stereocenters. The van der Waals surface area contributed by atoms with Gasteiger partial charge in [0.25, 0.3) is 11.8 Å². The van der Waals surface area contributed by atoms with Crippen molar-refractivity contribution in [2.45, 2.75) is 19.9 Å².